The van der Waals surface area contributed by atoms with E-state index in [1.165, 1.54) is 12.8 Å². The molecule has 0 unspecified atom stereocenters. The van der Waals surface area contributed by atoms with Crippen molar-refractivity contribution in [1.82, 2.24) is 10.2 Å². The van der Waals surface area contributed by atoms with Crippen molar-refractivity contribution in [2.45, 2.75) is 12.8 Å². The lowest BCUT2D eigenvalue weighted by Crippen LogP contribution is -2.19. The van der Waals surface area contributed by atoms with Gasteiger partial charge >= 0.3 is 0 Å². The highest BCUT2D eigenvalue weighted by atomic mass is 35.5. The van der Waals surface area contributed by atoms with Crippen LogP contribution in [0.25, 0.3) is 11.3 Å². The van der Waals surface area contributed by atoms with Crippen molar-refractivity contribution < 1.29 is 0 Å². The van der Waals surface area contributed by atoms with Crippen molar-refractivity contribution in [3.8, 4) is 11.3 Å². The number of halogens is 2. The molecular formula is C14H13Cl2N3. The van der Waals surface area contributed by atoms with Gasteiger partial charge in [0.2, 0.25) is 0 Å². The third-order valence-corrected chi connectivity index (χ3v) is 4.13. The summed E-state index contributed by atoms with van der Waals surface area (Å²) in [5.41, 5.74) is 1.56. The van der Waals surface area contributed by atoms with Crippen molar-refractivity contribution in [1.29, 1.82) is 0 Å². The van der Waals surface area contributed by atoms with E-state index in [4.69, 9.17) is 23.2 Å². The Morgan fingerprint density at radius 2 is 1.74 bits per heavy atom. The molecule has 0 saturated carbocycles. The van der Waals surface area contributed by atoms with Crippen molar-refractivity contribution >= 4 is 29.0 Å². The largest absolute Gasteiger partial charge is 0.355 e. The van der Waals surface area contributed by atoms with E-state index in [0.717, 1.165) is 30.2 Å². The normalized spacial score (nSPS) is 14.9. The predicted octanol–water partition coefficient (Wildman–Crippen LogP) is 4.05. The standard InChI is InChI=1S/C14H13Cl2N3/c15-11-5-3-4-10(14(11)16)12-6-7-13(18-17-12)19-8-1-2-9-19/h3-7H,1-2,8-9H2. The van der Waals surface area contributed by atoms with E-state index >= 15 is 0 Å². The van der Waals surface area contributed by atoms with E-state index in [0.29, 0.717) is 10.0 Å². The van der Waals surface area contributed by atoms with Gasteiger partial charge in [0.1, 0.15) is 0 Å². The molecule has 0 radical (unpaired) electrons. The summed E-state index contributed by atoms with van der Waals surface area (Å²) in [6.45, 7) is 2.12. The Labute approximate surface area is 122 Å². The van der Waals surface area contributed by atoms with E-state index in [9.17, 15) is 0 Å². The molecule has 0 bridgehead atoms. The van der Waals surface area contributed by atoms with Crippen LogP contribution in [-0.4, -0.2) is 23.3 Å². The van der Waals surface area contributed by atoms with E-state index in [-0.39, 0.29) is 0 Å². The van der Waals surface area contributed by atoms with Crippen LogP contribution in [0.4, 0.5) is 5.82 Å². The Morgan fingerprint density at radius 1 is 0.947 bits per heavy atom. The molecule has 98 valence electrons. The molecule has 0 N–H and O–H groups in total. The first-order chi connectivity index (χ1) is 9.25. The van der Waals surface area contributed by atoms with Crippen LogP contribution >= 0.6 is 23.2 Å². The lowest BCUT2D eigenvalue weighted by molar-refractivity contribution is 0.896. The van der Waals surface area contributed by atoms with Gasteiger partial charge in [-0.1, -0.05) is 35.3 Å². The lowest BCUT2D eigenvalue weighted by Gasteiger charge is -2.15. The summed E-state index contributed by atoms with van der Waals surface area (Å²) in [4.78, 5) is 2.25. The number of hydrogen-bond acceptors (Lipinski definition) is 3. The van der Waals surface area contributed by atoms with Gasteiger partial charge in [0, 0.05) is 18.7 Å². The summed E-state index contributed by atoms with van der Waals surface area (Å²) >= 11 is 12.2. The van der Waals surface area contributed by atoms with Gasteiger partial charge in [-0.25, -0.2) is 0 Å². The quantitative estimate of drug-likeness (QED) is 0.836. The molecule has 1 aromatic carbocycles. The maximum atomic E-state index is 6.18. The summed E-state index contributed by atoms with van der Waals surface area (Å²) in [5, 5.41) is 9.60. The van der Waals surface area contributed by atoms with Crippen LogP contribution in [0, 0.1) is 0 Å². The smallest absolute Gasteiger partial charge is 0.151 e. The Hall–Kier alpha value is -1.32. The van der Waals surface area contributed by atoms with Gasteiger partial charge in [0.25, 0.3) is 0 Å². The van der Waals surface area contributed by atoms with Gasteiger partial charge in [0.15, 0.2) is 5.82 Å². The van der Waals surface area contributed by atoms with Crippen LogP contribution in [0.1, 0.15) is 12.8 Å². The highest BCUT2D eigenvalue weighted by molar-refractivity contribution is 6.43. The molecule has 0 amide bonds. The molecule has 1 fully saturated rings. The summed E-state index contributed by atoms with van der Waals surface area (Å²) in [6, 6.07) is 9.45. The third kappa shape index (κ3) is 2.53. The minimum absolute atomic E-state index is 0.521. The van der Waals surface area contributed by atoms with Crippen molar-refractivity contribution in [3.05, 3.63) is 40.4 Å². The zero-order valence-electron chi connectivity index (χ0n) is 10.3. The van der Waals surface area contributed by atoms with Gasteiger partial charge in [-0.05, 0) is 31.0 Å². The number of aromatic nitrogens is 2. The van der Waals surface area contributed by atoms with Crippen molar-refractivity contribution in [2.24, 2.45) is 0 Å². The molecule has 0 atom stereocenters. The fourth-order valence-corrected chi connectivity index (χ4v) is 2.68. The monoisotopic (exact) mass is 293 g/mol. The second-order valence-electron chi connectivity index (χ2n) is 4.57. The number of anilines is 1. The molecule has 2 heterocycles. The van der Waals surface area contributed by atoms with Gasteiger partial charge in [-0.2, -0.15) is 0 Å². The minimum atomic E-state index is 0.521. The SMILES string of the molecule is Clc1cccc(-c2ccc(N3CCCC3)nn2)c1Cl. The minimum Gasteiger partial charge on any atom is -0.355 e. The van der Waals surface area contributed by atoms with Gasteiger partial charge in [-0.15, -0.1) is 10.2 Å². The highest BCUT2D eigenvalue weighted by Gasteiger charge is 2.14. The fraction of sp³-hybridized carbons (Fsp3) is 0.286. The first-order valence-electron chi connectivity index (χ1n) is 6.29. The first kappa shape index (κ1) is 12.7. The summed E-state index contributed by atoms with van der Waals surface area (Å²) in [7, 11) is 0. The van der Waals surface area contributed by atoms with Crippen LogP contribution in [0.5, 0.6) is 0 Å². The molecule has 2 aromatic rings. The topological polar surface area (TPSA) is 29.0 Å². The molecule has 19 heavy (non-hydrogen) atoms. The Morgan fingerprint density at radius 3 is 2.42 bits per heavy atom. The zero-order valence-corrected chi connectivity index (χ0v) is 11.8. The van der Waals surface area contributed by atoms with Crippen molar-refractivity contribution in [2.75, 3.05) is 18.0 Å². The van der Waals surface area contributed by atoms with Crippen LogP contribution in [-0.2, 0) is 0 Å². The van der Waals surface area contributed by atoms with Crippen LogP contribution in [0.15, 0.2) is 30.3 Å². The molecule has 5 heteroatoms. The number of hydrogen-bond donors (Lipinski definition) is 0. The predicted molar refractivity (Wildman–Crippen MR) is 78.9 cm³/mol. The Balaban J connectivity index is 1.91. The maximum absolute atomic E-state index is 6.18. The third-order valence-electron chi connectivity index (χ3n) is 3.31. The first-order valence-corrected chi connectivity index (χ1v) is 7.04. The van der Waals surface area contributed by atoms with Gasteiger partial charge in [0.05, 0.1) is 15.7 Å². The molecule has 0 aliphatic carbocycles. The van der Waals surface area contributed by atoms with Crippen LogP contribution in [0.2, 0.25) is 10.0 Å². The lowest BCUT2D eigenvalue weighted by atomic mass is 10.1. The zero-order chi connectivity index (χ0) is 13.2. The molecular weight excluding hydrogens is 281 g/mol. The van der Waals surface area contributed by atoms with Gasteiger partial charge in [-0.3, -0.25) is 0 Å². The van der Waals surface area contributed by atoms with E-state index < -0.39 is 0 Å². The number of nitrogens with zero attached hydrogens (tertiary/aromatic N) is 3. The molecule has 3 rings (SSSR count). The average Bonchev–Trinajstić information content (AvgIpc) is 2.96. The molecule has 1 saturated heterocycles. The Kier molecular flexibility index (Phi) is 3.58. The fourth-order valence-electron chi connectivity index (χ4n) is 2.29. The average molecular weight is 294 g/mol. The number of rotatable bonds is 2. The van der Waals surface area contributed by atoms with E-state index in [1.54, 1.807) is 6.07 Å². The van der Waals surface area contributed by atoms with Gasteiger partial charge < -0.3 is 4.90 Å². The summed E-state index contributed by atoms with van der Waals surface area (Å²) < 4.78 is 0. The molecule has 1 aliphatic heterocycles. The van der Waals surface area contributed by atoms with Crippen molar-refractivity contribution in [3.63, 3.8) is 0 Å². The second kappa shape index (κ2) is 5.35. The van der Waals surface area contributed by atoms with E-state index in [1.807, 2.05) is 24.3 Å². The molecule has 3 nitrogen and oxygen atoms in total. The Bertz CT molecular complexity index is 578. The number of benzene rings is 1. The second-order valence-corrected chi connectivity index (χ2v) is 5.36. The molecule has 1 aromatic heterocycles. The van der Waals surface area contributed by atoms with E-state index in [2.05, 4.69) is 15.1 Å². The van der Waals surface area contributed by atoms with Crippen LogP contribution < -0.4 is 4.90 Å². The summed E-state index contributed by atoms with van der Waals surface area (Å²) in [6.07, 6.45) is 2.45. The molecule has 0 spiro atoms. The molecule has 1 aliphatic rings. The maximum Gasteiger partial charge on any atom is 0.151 e. The highest BCUT2D eigenvalue weighted by Crippen LogP contribution is 2.32. The van der Waals surface area contributed by atoms with Crippen LogP contribution in [0.3, 0.4) is 0 Å². The summed E-state index contributed by atoms with van der Waals surface area (Å²) in [5.74, 6) is 0.930.